The van der Waals surface area contributed by atoms with E-state index < -0.39 is 0 Å². The van der Waals surface area contributed by atoms with Crippen molar-refractivity contribution in [3.63, 3.8) is 0 Å². The van der Waals surface area contributed by atoms with Gasteiger partial charge < -0.3 is 10.1 Å². The molecule has 19 heavy (non-hydrogen) atoms. The molecular formula is C13H10BrN3O2. The Morgan fingerprint density at radius 3 is 2.95 bits per heavy atom. The van der Waals surface area contributed by atoms with Gasteiger partial charge in [0.2, 0.25) is 5.88 Å². The molecule has 3 aromatic rings. The van der Waals surface area contributed by atoms with Crippen molar-refractivity contribution in [3.05, 3.63) is 50.9 Å². The van der Waals surface area contributed by atoms with Crippen LogP contribution in [-0.4, -0.2) is 19.7 Å². The Morgan fingerprint density at radius 1 is 1.42 bits per heavy atom. The molecule has 2 N–H and O–H groups in total. The number of benzene rings is 1. The Morgan fingerprint density at radius 2 is 2.21 bits per heavy atom. The lowest BCUT2D eigenvalue weighted by Crippen LogP contribution is -2.12. The monoisotopic (exact) mass is 319 g/mol. The van der Waals surface area contributed by atoms with Gasteiger partial charge in [0.25, 0.3) is 5.56 Å². The van der Waals surface area contributed by atoms with Crippen molar-refractivity contribution >= 4 is 21.6 Å². The predicted molar refractivity (Wildman–Crippen MR) is 75.4 cm³/mol. The summed E-state index contributed by atoms with van der Waals surface area (Å²) < 4.78 is 2.26. The average Bonchev–Trinajstić information content (AvgIpc) is 2.80. The molecule has 0 aliphatic carbocycles. The van der Waals surface area contributed by atoms with E-state index in [2.05, 4.69) is 26.0 Å². The lowest BCUT2D eigenvalue weighted by atomic mass is 10.1. The third-order valence-corrected chi connectivity index (χ3v) is 3.51. The summed E-state index contributed by atoms with van der Waals surface area (Å²) in [7, 11) is 0. The fourth-order valence-electron chi connectivity index (χ4n) is 1.96. The van der Waals surface area contributed by atoms with E-state index in [9.17, 15) is 9.90 Å². The van der Waals surface area contributed by atoms with Crippen LogP contribution >= 0.6 is 15.9 Å². The zero-order chi connectivity index (χ0) is 13.6. The molecule has 2 heterocycles. The summed E-state index contributed by atoms with van der Waals surface area (Å²) in [6, 6.07) is 7.65. The highest BCUT2D eigenvalue weighted by Gasteiger charge is 2.13. The van der Waals surface area contributed by atoms with Gasteiger partial charge in [-0.3, -0.25) is 4.79 Å². The number of hydrogen-bond donors (Lipinski definition) is 2. The van der Waals surface area contributed by atoms with Gasteiger partial charge in [-0.05, 0) is 24.6 Å². The molecule has 0 unspecified atom stereocenters. The van der Waals surface area contributed by atoms with Crippen LogP contribution in [0.4, 0.5) is 0 Å². The minimum absolute atomic E-state index is 0.139. The number of aromatic amines is 1. The van der Waals surface area contributed by atoms with Crippen molar-refractivity contribution in [2.24, 2.45) is 0 Å². The highest BCUT2D eigenvalue weighted by molar-refractivity contribution is 9.10. The third-order valence-electron chi connectivity index (χ3n) is 3.01. The van der Waals surface area contributed by atoms with Crippen molar-refractivity contribution in [3.8, 4) is 17.0 Å². The second kappa shape index (κ2) is 4.24. The number of aromatic hydroxyl groups is 1. The van der Waals surface area contributed by atoms with Crippen molar-refractivity contribution in [2.75, 3.05) is 0 Å². The molecule has 0 aliphatic rings. The largest absolute Gasteiger partial charge is 0.493 e. The van der Waals surface area contributed by atoms with Gasteiger partial charge >= 0.3 is 0 Å². The van der Waals surface area contributed by atoms with E-state index in [1.165, 1.54) is 4.52 Å². The standard InChI is InChI=1S/C13H10BrN3O2/c1-7-12(18)16-11-10(6-15-17(11)13(7)19)8-3-2-4-9(14)5-8/h2-6,19H,1H3,(H,16,18). The van der Waals surface area contributed by atoms with Crippen molar-refractivity contribution in [1.82, 2.24) is 14.6 Å². The second-order valence-electron chi connectivity index (χ2n) is 4.23. The maximum absolute atomic E-state index is 11.7. The Labute approximate surface area is 116 Å². The summed E-state index contributed by atoms with van der Waals surface area (Å²) in [5, 5.41) is 14.0. The molecule has 0 saturated heterocycles. The number of hydrogen-bond acceptors (Lipinski definition) is 3. The van der Waals surface area contributed by atoms with Gasteiger partial charge in [-0.1, -0.05) is 28.1 Å². The van der Waals surface area contributed by atoms with Crippen LogP contribution in [0.25, 0.3) is 16.8 Å². The SMILES string of the molecule is Cc1c(O)n2ncc(-c3cccc(Br)c3)c2[nH]c1=O. The minimum atomic E-state index is -0.318. The molecule has 0 radical (unpaired) electrons. The van der Waals surface area contributed by atoms with Crippen molar-refractivity contribution in [1.29, 1.82) is 0 Å². The Bertz CT molecular complexity index is 836. The molecule has 6 heteroatoms. The molecule has 0 amide bonds. The van der Waals surface area contributed by atoms with Crippen LogP contribution in [0.15, 0.2) is 39.7 Å². The molecule has 0 aliphatic heterocycles. The molecule has 3 rings (SSSR count). The molecule has 1 aromatic carbocycles. The number of fused-ring (bicyclic) bond motifs is 1. The first-order valence-corrected chi connectivity index (χ1v) is 6.43. The zero-order valence-corrected chi connectivity index (χ0v) is 11.6. The maximum atomic E-state index is 11.7. The van der Waals surface area contributed by atoms with Crippen LogP contribution in [0.5, 0.6) is 5.88 Å². The normalized spacial score (nSPS) is 11.1. The summed E-state index contributed by atoms with van der Waals surface area (Å²) in [5.41, 5.74) is 2.07. The van der Waals surface area contributed by atoms with E-state index in [0.29, 0.717) is 5.65 Å². The molecule has 0 spiro atoms. The molecule has 0 fully saturated rings. The Balaban J connectivity index is 2.35. The van der Waals surface area contributed by atoms with Crippen LogP contribution in [0.1, 0.15) is 5.56 Å². The molecular weight excluding hydrogens is 310 g/mol. The lowest BCUT2D eigenvalue weighted by molar-refractivity contribution is 0.429. The van der Waals surface area contributed by atoms with E-state index in [4.69, 9.17) is 0 Å². The van der Waals surface area contributed by atoms with Crippen molar-refractivity contribution in [2.45, 2.75) is 6.92 Å². The quantitative estimate of drug-likeness (QED) is 0.723. The van der Waals surface area contributed by atoms with E-state index in [-0.39, 0.29) is 17.0 Å². The summed E-state index contributed by atoms with van der Waals surface area (Å²) in [6.45, 7) is 1.55. The lowest BCUT2D eigenvalue weighted by Gasteiger charge is -2.03. The van der Waals surface area contributed by atoms with Gasteiger partial charge in [0.1, 0.15) is 5.65 Å². The van der Waals surface area contributed by atoms with Crippen molar-refractivity contribution < 1.29 is 5.11 Å². The summed E-state index contributed by atoms with van der Waals surface area (Å²) in [4.78, 5) is 14.5. The average molecular weight is 320 g/mol. The second-order valence-corrected chi connectivity index (χ2v) is 5.15. The van der Waals surface area contributed by atoms with Gasteiger partial charge in [0, 0.05) is 10.0 Å². The number of aromatic nitrogens is 3. The summed E-state index contributed by atoms with van der Waals surface area (Å²) >= 11 is 3.40. The summed E-state index contributed by atoms with van der Waals surface area (Å²) in [6.07, 6.45) is 1.62. The molecule has 0 saturated carbocycles. The Kier molecular flexibility index (Phi) is 2.67. The first-order chi connectivity index (χ1) is 9.08. The molecule has 96 valence electrons. The highest BCUT2D eigenvalue weighted by atomic mass is 79.9. The highest BCUT2D eigenvalue weighted by Crippen LogP contribution is 2.27. The topological polar surface area (TPSA) is 70.4 Å². The Hall–Kier alpha value is -2.08. The van der Waals surface area contributed by atoms with E-state index in [1.807, 2.05) is 24.3 Å². The molecule has 5 nitrogen and oxygen atoms in total. The molecule has 0 atom stereocenters. The number of halogens is 1. The molecule has 2 aromatic heterocycles. The number of nitrogens with zero attached hydrogens (tertiary/aromatic N) is 2. The van der Waals surface area contributed by atoms with Crippen LogP contribution in [0.2, 0.25) is 0 Å². The smallest absolute Gasteiger partial charge is 0.257 e. The fourth-order valence-corrected chi connectivity index (χ4v) is 2.36. The number of H-pyrrole nitrogens is 1. The maximum Gasteiger partial charge on any atom is 0.257 e. The van der Waals surface area contributed by atoms with E-state index in [1.54, 1.807) is 13.1 Å². The van der Waals surface area contributed by atoms with Gasteiger partial charge in [-0.25, -0.2) is 0 Å². The van der Waals surface area contributed by atoms with E-state index in [0.717, 1.165) is 15.6 Å². The van der Waals surface area contributed by atoms with Gasteiger partial charge in [0.05, 0.1) is 11.8 Å². The zero-order valence-electron chi connectivity index (χ0n) is 10.0. The predicted octanol–water partition coefficient (Wildman–Crippen LogP) is 2.47. The third kappa shape index (κ3) is 1.84. The number of rotatable bonds is 1. The van der Waals surface area contributed by atoms with Crippen LogP contribution in [0, 0.1) is 6.92 Å². The van der Waals surface area contributed by atoms with Gasteiger partial charge in [-0.15, -0.1) is 0 Å². The van der Waals surface area contributed by atoms with Gasteiger partial charge in [0.15, 0.2) is 0 Å². The number of nitrogens with one attached hydrogen (secondary N) is 1. The minimum Gasteiger partial charge on any atom is -0.493 e. The molecule has 0 bridgehead atoms. The van der Waals surface area contributed by atoms with Crippen LogP contribution in [-0.2, 0) is 0 Å². The van der Waals surface area contributed by atoms with Crippen LogP contribution in [0.3, 0.4) is 0 Å². The fraction of sp³-hybridized carbons (Fsp3) is 0.0769. The van der Waals surface area contributed by atoms with Crippen LogP contribution < -0.4 is 5.56 Å². The first-order valence-electron chi connectivity index (χ1n) is 5.63. The van der Waals surface area contributed by atoms with E-state index >= 15 is 0 Å². The summed E-state index contributed by atoms with van der Waals surface area (Å²) in [5.74, 6) is -0.139. The van der Waals surface area contributed by atoms with Gasteiger partial charge in [-0.2, -0.15) is 9.61 Å². The first kappa shape index (κ1) is 12.0.